The van der Waals surface area contributed by atoms with Crippen molar-refractivity contribution < 1.29 is 31.4 Å². The normalized spacial score (nSPS) is 12.2. The average Bonchev–Trinajstić information content (AvgIpc) is 2.29. The van der Waals surface area contributed by atoms with Crippen molar-refractivity contribution in [3.8, 4) is 11.5 Å². The number of phenolic OH excluding ortho intramolecular Hbond substituents is 1. The number of nitrogens with one attached hydrogen (secondary N) is 1. The highest BCUT2D eigenvalue weighted by molar-refractivity contribution is 7.92. The van der Waals surface area contributed by atoms with E-state index in [2.05, 4.69) is 0 Å². The topological polar surface area (TPSA) is 75.6 Å². The molecule has 0 aliphatic carbocycles. The van der Waals surface area contributed by atoms with Crippen molar-refractivity contribution in [2.75, 3.05) is 17.6 Å². The fourth-order valence-electron chi connectivity index (χ4n) is 1.41. The van der Waals surface area contributed by atoms with Crippen molar-refractivity contribution >= 4 is 15.7 Å². The van der Waals surface area contributed by atoms with Crippen LogP contribution in [0.4, 0.5) is 18.9 Å². The van der Waals surface area contributed by atoms with Crippen LogP contribution in [0.25, 0.3) is 0 Å². The largest absolute Gasteiger partial charge is 0.506 e. The standard InChI is InChI=1S/C11H14F3NO4S/c1-19-8-3-4-10(16)9(7-8)15-20(17,18)6-2-5-11(12,13)14/h3-4,7,15-16H,2,5-6H2,1H3. The molecule has 0 bridgehead atoms. The van der Waals surface area contributed by atoms with Crippen LogP contribution in [0, 0.1) is 0 Å². The second kappa shape index (κ2) is 6.21. The third-order valence-electron chi connectivity index (χ3n) is 2.34. The van der Waals surface area contributed by atoms with Gasteiger partial charge in [0, 0.05) is 12.5 Å². The molecule has 1 rings (SSSR count). The predicted molar refractivity (Wildman–Crippen MR) is 67.4 cm³/mol. The highest BCUT2D eigenvalue weighted by atomic mass is 32.2. The Bertz CT molecular complexity index is 557. The molecule has 0 heterocycles. The van der Waals surface area contributed by atoms with E-state index in [-0.39, 0.29) is 11.4 Å². The van der Waals surface area contributed by atoms with E-state index in [0.717, 1.165) is 0 Å². The van der Waals surface area contributed by atoms with Crippen LogP contribution < -0.4 is 9.46 Å². The average molecular weight is 313 g/mol. The van der Waals surface area contributed by atoms with Gasteiger partial charge in [-0.2, -0.15) is 13.2 Å². The number of sulfonamides is 1. The van der Waals surface area contributed by atoms with Gasteiger partial charge in [-0.3, -0.25) is 4.72 Å². The van der Waals surface area contributed by atoms with Crippen molar-refractivity contribution in [2.45, 2.75) is 19.0 Å². The van der Waals surface area contributed by atoms with Gasteiger partial charge in [0.05, 0.1) is 18.6 Å². The number of ether oxygens (including phenoxy) is 1. The molecule has 0 aliphatic rings. The van der Waals surface area contributed by atoms with Crippen LogP contribution in [0.3, 0.4) is 0 Å². The smallest absolute Gasteiger partial charge is 0.389 e. The Morgan fingerprint density at radius 2 is 2.00 bits per heavy atom. The first-order valence-electron chi connectivity index (χ1n) is 5.57. The van der Waals surface area contributed by atoms with Crippen LogP contribution in [-0.4, -0.2) is 32.6 Å². The third kappa shape index (κ3) is 5.55. The zero-order chi connectivity index (χ0) is 15.4. The number of phenols is 1. The monoisotopic (exact) mass is 313 g/mol. The lowest BCUT2D eigenvalue weighted by molar-refractivity contribution is -0.134. The molecule has 9 heteroatoms. The Labute approximate surface area is 114 Å². The summed E-state index contributed by atoms with van der Waals surface area (Å²) in [5, 5.41) is 9.49. The van der Waals surface area contributed by atoms with Gasteiger partial charge >= 0.3 is 6.18 Å². The van der Waals surface area contributed by atoms with E-state index < -0.39 is 34.8 Å². The van der Waals surface area contributed by atoms with Crippen molar-refractivity contribution in [1.82, 2.24) is 0 Å². The molecule has 0 fully saturated rings. The summed E-state index contributed by atoms with van der Waals surface area (Å²) < 4.78 is 65.9. The summed E-state index contributed by atoms with van der Waals surface area (Å²) in [7, 11) is -2.61. The highest BCUT2D eigenvalue weighted by Crippen LogP contribution is 2.29. The third-order valence-corrected chi connectivity index (χ3v) is 3.70. The molecular formula is C11H14F3NO4S. The van der Waals surface area contributed by atoms with Gasteiger partial charge in [-0.25, -0.2) is 8.42 Å². The minimum absolute atomic E-state index is 0.142. The number of aromatic hydroxyl groups is 1. The maximum atomic E-state index is 11.9. The summed E-state index contributed by atoms with van der Waals surface area (Å²) in [4.78, 5) is 0. The molecule has 0 saturated carbocycles. The van der Waals surface area contributed by atoms with Crippen LogP contribution in [0.5, 0.6) is 11.5 Å². The van der Waals surface area contributed by atoms with E-state index in [0.29, 0.717) is 5.75 Å². The zero-order valence-corrected chi connectivity index (χ0v) is 11.4. The second-order valence-corrected chi connectivity index (χ2v) is 5.86. The van der Waals surface area contributed by atoms with Gasteiger partial charge < -0.3 is 9.84 Å². The number of methoxy groups -OCH3 is 1. The van der Waals surface area contributed by atoms with E-state index in [9.17, 15) is 26.7 Å². The van der Waals surface area contributed by atoms with Crippen LogP contribution in [0.2, 0.25) is 0 Å². The summed E-state index contributed by atoms with van der Waals surface area (Å²) >= 11 is 0. The van der Waals surface area contributed by atoms with E-state index >= 15 is 0 Å². The quantitative estimate of drug-likeness (QED) is 0.791. The molecule has 0 saturated heterocycles. The predicted octanol–water partition coefficient (Wildman–Crippen LogP) is 2.49. The lowest BCUT2D eigenvalue weighted by Crippen LogP contribution is -2.19. The van der Waals surface area contributed by atoms with Gasteiger partial charge in [0.2, 0.25) is 10.0 Å². The molecule has 1 aromatic rings. The van der Waals surface area contributed by atoms with Crippen LogP contribution in [0.15, 0.2) is 18.2 Å². The zero-order valence-electron chi connectivity index (χ0n) is 10.6. The van der Waals surface area contributed by atoms with E-state index in [1.54, 1.807) is 0 Å². The molecule has 0 unspecified atom stereocenters. The molecule has 0 atom stereocenters. The lowest BCUT2D eigenvalue weighted by Gasteiger charge is -2.11. The van der Waals surface area contributed by atoms with Gasteiger partial charge in [0.25, 0.3) is 0 Å². The van der Waals surface area contributed by atoms with Crippen molar-refractivity contribution in [1.29, 1.82) is 0 Å². The lowest BCUT2D eigenvalue weighted by atomic mass is 10.3. The maximum absolute atomic E-state index is 11.9. The minimum atomic E-state index is -4.40. The van der Waals surface area contributed by atoms with Gasteiger partial charge in [-0.05, 0) is 18.6 Å². The Morgan fingerprint density at radius 3 is 2.55 bits per heavy atom. The van der Waals surface area contributed by atoms with Crippen molar-refractivity contribution in [3.63, 3.8) is 0 Å². The molecular weight excluding hydrogens is 299 g/mol. The van der Waals surface area contributed by atoms with Gasteiger partial charge in [0.1, 0.15) is 11.5 Å². The Morgan fingerprint density at radius 1 is 1.35 bits per heavy atom. The summed E-state index contributed by atoms with van der Waals surface area (Å²) in [5.74, 6) is -0.732. The van der Waals surface area contributed by atoms with E-state index in [1.165, 1.54) is 25.3 Å². The van der Waals surface area contributed by atoms with Crippen molar-refractivity contribution in [3.05, 3.63) is 18.2 Å². The van der Waals surface area contributed by atoms with Crippen LogP contribution in [0.1, 0.15) is 12.8 Å². The molecule has 2 N–H and O–H groups in total. The number of halogens is 3. The Balaban J connectivity index is 2.71. The minimum Gasteiger partial charge on any atom is -0.506 e. The number of anilines is 1. The molecule has 5 nitrogen and oxygen atoms in total. The maximum Gasteiger partial charge on any atom is 0.389 e. The summed E-state index contributed by atoms with van der Waals surface area (Å²) in [5.41, 5.74) is -0.142. The van der Waals surface area contributed by atoms with Gasteiger partial charge in [0.15, 0.2) is 0 Å². The van der Waals surface area contributed by atoms with Crippen molar-refractivity contribution in [2.24, 2.45) is 0 Å². The first kappa shape index (κ1) is 16.4. The molecule has 114 valence electrons. The molecule has 0 radical (unpaired) electrons. The summed E-state index contributed by atoms with van der Waals surface area (Å²) in [6.07, 6.45) is -6.13. The molecule has 0 spiro atoms. The highest BCUT2D eigenvalue weighted by Gasteiger charge is 2.27. The Kier molecular flexibility index (Phi) is 5.09. The first-order valence-corrected chi connectivity index (χ1v) is 7.22. The van der Waals surface area contributed by atoms with Crippen LogP contribution >= 0.6 is 0 Å². The molecule has 0 amide bonds. The van der Waals surface area contributed by atoms with Gasteiger partial charge in [-0.15, -0.1) is 0 Å². The summed E-state index contributed by atoms with van der Waals surface area (Å²) in [6.45, 7) is 0. The van der Waals surface area contributed by atoms with Gasteiger partial charge in [-0.1, -0.05) is 0 Å². The number of rotatable bonds is 6. The van der Waals surface area contributed by atoms with E-state index in [4.69, 9.17) is 4.74 Å². The molecule has 1 aromatic carbocycles. The SMILES string of the molecule is COc1ccc(O)c(NS(=O)(=O)CCCC(F)(F)F)c1. The number of benzene rings is 1. The molecule has 20 heavy (non-hydrogen) atoms. The first-order chi connectivity index (χ1) is 9.13. The number of hydrogen-bond acceptors (Lipinski definition) is 4. The summed E-state index contributed by atoms with van der Waals surface area (Å²) in [6, 6.07) is 3.86. The Hall–Kier alpha value is -1.64. The number of hydrogen-bond donors (Lipinski definition) is 2. The molecule has 0 aliphatic heterocycles. The second-order valence-electron chi connectivity index (χ2n) is 4.02. The number of alkyl halides is 3. The fourth-order valence-corrected chi connectivity index (χ4v) is 2.53. The van der Waals surface area contributed by atoms with E-state index in [1.807, 2.05) is 4.72 Å². The van der Waals surface area contributed by atoms with Crippen LogP contribution in [-0.2, 0) is 10.0 Å². The molecule has 0 aromatic heterocycles. The fraction of sp³-hybridized carbons (Fsp3) is 0.455.